The fourth-order valence-electron chi connectivity index (χ4n) is 8.91. The van der Waals surface area contributed by atoms with Gasteiger partial charge < -0.3 is 14.2 Å². The van der Waals surface area contributed by atoms with E-state index in [4.69, 9.17) is 14.2 Å². The van der Waals surface area contributed by atoms with Gasteiger partial charge in [0.1, 0.15) is 13.2 Å². The van der Waals surface area contributed by atoms with Crippen molar-refractivity contribution in [3.8, 4) is 0 Å². The molecule has 0 unspecified atom stereocenters. The van der Waals surface area contributed by atoms with Crippen molar-refractivity contribution in [2.45, 2.75) is 335 Å². The summed E-state index contributed by atoms with van der Waals surface area (Å²) in [6.45, 7) is 6.66. The van der Waals surface area contributed by atoms with Gasteiger partial charge in [0.05, 0.1) is 0 Å². The third-order valence-electron chi connectivity index (χ3n) is 13.4. The van der Waals surface area contributed by atoms with E-state index in [1.54, 1.807) is 0 Å². The second-order valence-corrected chi connectivity index (χ2v) is 20.3. The largest absolute Gasteiger partial charge is 0.462 e. The van der Waals surface area contributed by atoms with Crippen molar-refractivity contribution in [2.75, 3.05) is 13.2 Å². The van der Waals surface area contributed by atoms with Crippen LogP contribution in [-0.2, 0) is 28.6 Å². The van der Waals surface area contributed by atoms with Gasteiger partial charge in [0.2, 0.25) is 0 Å². The van der Waals surface area contributed by atoms with Crippen molar-refractivity contribution in [3.05, 3.63) is 24.3 Å². The van der Waals surface area contributed by atoms with E-state index < -0.39 is 6.10 Å². The molecule has 0 aromatic rings. The molecule has 0 rings (SSSR count). The Kier molecular flexibility index (Phi) is 54.7. The molecule has 0 amide bonds. The molecule has 0 N–H and O–H groups in total. The first-order valence-electron chi connectivity index (χ1n) is 29.8. The summed E-state index contributed by atoms with van der Waals surface area (Å²) >= 11 is 0. The predicted octanol–water partition coefficient (Wildman–Crippen LogP) is 19.9. The van der Waals surface area contributed by atoms with Gasteiger partial charge in [-0.1, -0.05) is 263 Å². The lowest BCUT2D eigenvalue weighted by molar-refractivity contribution is -0.167. The van der Waals surface area contributed by atoms with Gasteiger partial charge in [-0.3, -0.25) is 14.4 Å². The van der Waals surface area contributed by atoms with Gasteiger partial charge in [0.25, 0.3) is 0 Å². The van der Waals surface area contributed by atoms with Crippen LogP contribution in [0.5, 0.6) is 0 Å². The van der Waals surface area contributed by atoms with Crippen molar-refractivity contribution in [1.82, 2.24) is 0 Å². The molecule has 67 heavy (non-hydrogen) atoms. The summed E-state index contributed by atoms with van der Waals surface area (Å²) in [5.74, 6) is -0.863. The molecule has 0 aromatic carbocycles. The lowest BCUT2D eigenvalue weighted by Gasteiger charge is -2.18. The first-order chi connectivity index (χ1) is 33.0. The minimum atomic E-state index is -0.773. The van der Waals surface area contributed by atoms with Gasteiger partial charge in [-0.05, 0) is 70.6 Å². The third kappa shape index (κ3) is 54.7. The summed E-state index contributed by atoms with van der Waals surface area (Å²) in [6.07, 6.45) is 66.0. The first-order valence-corrected chi connectivity index (χ1v) is 29.8. The Morgan fingerprint density at radius 3 is 0.761 bits per heavy atom. The Morgan fingerprint density at radius 2 is 0.493 bits per heavy atom. The van der Waals surface area contributed by atoms with Gasteiger partial charge in [-0.25, -0.2) is 0 Å². The molecule has 6 nitrogen and oxygen atoms in total. The molecular weight excluding hydrogens is 829 g/mol. The highest BCUT2D eigenvalue weighted by Gasteiger charge is 2.19. The second-order valence-electron chi connectivity index (χ2n) is 20.3. The number of rotatable bonds is 55. The van der Waals surface area contributed by atoms with Crippen molar-refractivity contribution < 1.29 is 28.6 Å². The predicted molar refractivity (Wildman–Crippen MR) is 289 cm³/mol. The molecule has 1 atom stereocenters. The number of unbranched alkanes of at least 4 members (excludes halogenated alkanes) is 40. The van der Waals surface area contributed by atoms with Gasteiger partial charge in [0, 0.05) is 19.3 Å². The van der Waals surface area contributed by atoms with E-state index in [-0.39, 0.29) is 31.1 Å². The summed E-state index contributed by atoms with van der Waals surface area (Å²) in [4.78, 5) is 38.2. The van der Waals surface area contributed by atoms with E-state index in [1.807, 2.05) is 0 Å². The van der Waals surface area contributed by atoms with Gasteiger partial charge in [0.15, 0.2) is 6.10 Å². The fourth-order valence-corrected chi connectivity index (χ4v) is 8.91. The SMILES string of the molecule is CCCCCC/C=C\CCCCCCCC(=O)OC[C@H](COC(=O)CCCCCCCCCCCCCCCCCCCCC)OC(=O)CCCCCCCCC/C=C\CCCCCCCC. The minimum Gasteiger partial charge on any atom is -0.462 e. The maximum absolute atomic E-state index is 12.9. The average Bonchev–Trinajstić information content (AvgIpc) is 3.33. The lowest BCUT2D eigenvalue weighted by atomic mass is 10.0. The Balaban J connectivity index is 4.31. The average molecular weight is 944 g/mol. The van der Waals surface area contributed by atoms with Crippen LogP contribution < -0.4 is 0 Å². The van der Waals surface area contributed by atoms with Crippen LogP contribution >= 0.6 is 0 Å². The summed E-state index contributed by atoms with van der Waals surface area (Å²) in [5, 5.41) is 0. The molecule has 0 fully saturated rings. The maximum Gasteiger partial charge on any atom is 0.306 e. The molecule has 0 heterocycles. The number of hydrogen-bond acceptors (Lipinski definition) is 6. The van der Waals surface area contributed by atoms with E-state index in [9.17, 15) is 14.4 Å². The highest BCUT2D eigenvalue weighted by atomic mass is 16.6. The van der Waals surface area contributed by atoms with E-state index in [1.165, 1.54) is 225 Å². The molecular formula is C61H114O6. The standard InChI is InChI=1S/C61H114O6/c1-4-7-10-13-16-19-22-25-27-29-30-32-33-36-39-42-45-48-51-54-60(63)66-57-58(56-65-59(62)53-50-47-44-41-38-35-24-21-18-15-12-9-6-3)67-61(64)55-52-49-46-43-40-37-34-31-28-26-23-20-17-14-11-8-5-2/h21,24,26,28,58H,4-20,22-23,25,27,29-57H2,1-3H3/b24-21-,28-26-/t58-/m1/s1. The zero-order valence-corrected chi connectivity index (χ0v) is 45.2. The third-order valence-corrected chi connectivity index (χ3v) is 13.4. The molecule has 0 saturated heterocycles. The summed E-state index contributed by atoms with van der Waals surface area (Å²) in [5.41, 5.74) is 0. The number of esters is 3. The topological polar surface area (TPSA) is 78.9 Å². The minimum absolute atomic E-state index is 0.0710. The van der Waals surface area contributed by atoms with Crippen molar-refractivity contribution in [1.29, 1.82) is 0 Å². The highest BCUT2D eigenvalue weighted by molar-refractivity contribution is 5.71. The van der Waals surface area contributed by atoms with Crippen molar-refractivity contribution in [2.24, 2.45) is 0 Å². The summed E-state index contributed by atoms with van der Waals surface area (Å²) < 4.78 is 16.9. The lowest BCUT2D eigenvalue weighted by Crippen LogP contribution is -2.30. The monoisotopic (exact) mass is 943 g/mol. The van der Waals surface area contributed by atoms with E-state index in [0.717, 1.165) is 64.2 Å². The number of carbonyl (C=O) groups excluding carboxylic acids is 3. The molecule has 394 valence electrons. The van der Waals surface area contributed by atoms with Gasteiger partial charge in [-0.2, -0.15) is 0 Å². The van der Waals surface area contributed by atoms with Crippen LogP contribution in [0.3, 0.4) is 0 Å². The fraction of sp³-hybridized carbons (Fsp3) is 0.885. The molecule has 0 saturated carbocycles. The Hall–Kier alpha value is -2.11. The van der Waals surface area contributed by atoms with Crippen LogP contribution in [-0.4, -0.2) is 37.2 Å². The van der Waals surface area contributed by atoms with Crippen molar-refractivity contribution >= 4 is 17.9 Å². The highest BCUT2D eigenvalue weighted by Crippen LogP contribution is 2.17. The summed E-state index contributed by atoms with van der Waals surface area (Å²) in [7, 11) is 0. The molecule has 6 heteroatoms. The molecule has 0 aliphatic carbocycles. The Morgan fingerprint density at radius 1 is 0.284 bits per heavy atom. The van der Waals surface area contributed by atoms with Crippen LogP contribution in [0.1, 0.15) is 329 Å². The molecule has 0 bridgehead atoms. The number of carbonyl (C=O) groups is 3. The number of hydrogen-bond donors (Lipinski definition) is 0. The van der Waals surface area contributed by atoms with Crippen LogP contribution in [0, 0.1) is 0 Å². The smallest absolute Gasteiger partial charge is 0.306 e. The molecule has 0 spiro atoms. The number of allylic oxidation sites excluding steroid dienone is 4. The normalized spacial score (nSPS) is 12.1. The van der Waals surface area contributed by atoms with Crippen LogP contribution in [0.15, 0.2) is 24.3 Å². The zero-order valence-electron chi connectivity index (χ0n) is 45.2. The van der Waals surface area contributed by atoms with Gasteiger partial charge >= 0.3 is 17.9 Å². The quantitative estimate of drug-likeness (QED) is 0.0262. The van der Waals surface area contributed by atoms with Crippen LogP contribution in [0.25, 0.3) is 0 Å². The van der Waals surface area contributed by atoms with Crippen molar-refractivity contribution in [3.63, 3.8) is 0 Å². The first kappa shape index (κ1) is 64.9. The molecule has 0 radical (unpaired) electrons. The van der Waals surface area contributed by atoms with Crippen LogP contribution in [0.2, 0.25) is 0 Å². The Bertz CT molecular complexity index is 1080. The number of ether oxygens (including phenoxy) is 3. The van der Waals surface area contributed by atoms with E-state index >= 15 is 0 Å². The van der Waals surface area contributed by atoms with E-state index in [2.05, 4.69) is 45.1 Å². The molecule has 0 aromatic heterocycles. The molecule has 0 aliphatic heterocycles. The Labute approximate surface area is 417 Å². The summed E-state index contributed by atoms with van der Waals surface area (Å²) in [6, 6.07) is 0. The zero-order chi connectivity index (χ0) is 48.6. The van der Waals surface area contributed by atoms with Crippen LogP contribution in [0.4, 0.5) is 0 Å². The second kappa shape index (κ2) is 56.5. The maximum atomic E-state index is 12.9. The molecule has 0 aliphatic rings. The van der Waals surface area contributed by atoms with E-state index in [0.29, 0.717) is 19.3 Å². The van der Waals surface area contributed by atoms with Gasteiger partial charge in [-0.15, -0.1) is 0 Å².